The van der Waals surface area contributed by atoms with Gasteiger partial charge in [0.05, 0.1) is 17.1 Å². The van der Waals surface area contributed by atoms with Gasteiger partial charge in [-0.25, -0.2) is 4.98 Å². The second-order valence-corrected chi connectivity index (χ2v) is 5.34. The molecule has 1 aromatic carbocycles. The molecule has 23 heavy (non-hydrogen) atoms. The molecule has 1 unspecified atom stereocenters. The highest BCUT2D eigenvalue weighted by molar-refractivity contribution is 5.88. The predicted molar refractivity (Wildman–Crippen MR) is 86.6 cm³/mol. The number of fused-ring (bicyclic) bond motifs is 1. The molecular formula is C18H16N4O. The van der Waals surface area contributed by atoms with Crippen LogP contribution in [0.15, 0.2) is 48.7 Å². The van der Waals surface area contributed by atoms with Gasteiger partial charge in [0, 0.05) is 18.3 Å². The summed E-state index contributed by atoms with van der Waals surface area (Å²) in [7, 11) is 0. The summed E-state index contributed by atoms with van der Waals surface area (Å²) in [5, 5.41) is 9.35. The molecule has 0 aliphatic carbocycles. The Balaban J connectivity index is 1.66. The van der Waals surface area contributed by atoms with E-state index in [-0.39, 0.29) is 5.78 Å². The Morgan fingerprint density at radius 3 is 2.78 bits per heavy atom. The number of carbonyl (C=O) groups excluding carboxylic acids is 1. The first-order valence-electron chi connectivity index (χ1n) is 7.55. The number of imidazole rings is 1. The zero-order valence-electron chi connectivity index (χ0n) is 12.6. The van der Waals surface area contributed by atoms with Gasteiger partial charge in [-0.2, -0.15) is 5.26 Å². The summed E-state index contributed by atoms with van der Waals surface area (Å²) < 4.78 is 0. The van der Waals surface area contributed by atoms with Gasteiger partial charge in [0.15, 0.2) is 11.7 Å². The Morgan fingerprint density at radius 2 is 2.04 bits per heavy atom. The highest BCUT2D eigenvalue weighted by atomic mass is 16.1. The molecule has 2 aromatic heterocycles. The smallest absolute Gasteiger partial charge is 0.162 e. The minimum absolute atomic E-state index is 0.109. The van der Waals surface area contributed by atoms with Crippen molar-refractivity contribution in [3.63, 3.8) is 0 Å². The number of carbonyl (C=O) groups is 1. The number of hydrogen-bond acceptors (Lipinski definition) is 4. The van der Waals surface area contributed by atoms with Gasteiger partial charge in [-0.3, -0.25) is 9.78 Å². The number of nitrogens with zero attached hydrogens (tertiary/aromatic N) is 3. The minimum Gasteiger partial charge on any atom is -0.340 e. The fourth-order valence-corrected chi connectivity index (χ4v) is 2.53. The van der Waals surface area contributed by atoms with Gasteiger partial charge in [-0.05, 0) is 37.1 Å². The minimum atomic E-state index is -0.842. The van der Waals surface area contributed by atoms with Gasteiger partial charge in [-0.15, -0.1) is 0 Å². The molecule has 1 atom stereocenters. The van der Waals surface area contributed by atoms with Gasteiger partial charge in [0.2, 0.25) is 0 Å². The van der Waals surface area contributed by atoms with Gasteiger partial charge in [0.1, 0.15) is 5.82 Å². The van der Waals surface area contributed by atoms with E-state index in [0.29, 0.717) is 18.7 Å². The van der Waals surface area contributed by atoms with Crippen LogP contribution in [-0.4, -0.2) is 20.7 Å². The molecule has 2 heterocycles. The predicted octanol–water partition coefficient (Wildman–Crippen LogP) is 3.16. The second kappa shape index (κ2) is 6.84. The summed E-state index contributed by atoms with van der Waals surface area (Å²) in [4.78, 5) is 24.0. The van der Waals surface area contributed by atoms with Crippen LogP contribution in [0, 0.1) is 11.3 Å². The molecule has 1 N–H and O–H groups in total. The van der Waals surface area contributed by atoms with Crippen molar-refractivity contribution in [3.05, 3.63) is 60.2 Å². The zero-order chi connectivity index (χ0) is 16.1. The zero-order valence-corrected chi connectivity index (χ0v) is 12.6. The van der Waals surface area contributed by atoms with Crippen molar-refractivity contribution in [2.24, 2.45) is 0 Å². The van der Waals surface area contributed by atoms with E-state index in [9.17, 15) is 10.1 Å². The molecule has 3 aromatic rings. The van der Waals surface area contributed by atoms with Gasteiger partial charge >= 0.3 is 0 Å². The molecule has 0 bridgehead atoms. The number of Topliss-reactive ketones (excluding diaryl/α,β-unsaturated/α-hetero) is 1. The Kier molecular flexibility index (Phi) is 4.44. The molecule has 5 heteroatoms. The molecule has 0 saturated heterocycles. The Labute approximate surface area is 134 Å². The number of aromatic nitrogens is 3. The van der Waals surface area contributed by atoms with Crippen LogP contribution < -0.4 is 0 Å². The topological polar surface area (TPSA) is 82.4 Å². The van der Waals surface area contributed by atoms with Crippen molar-refractivity contribution < 1.29 is 4.79 Å². The lowest BCUT2D eigenvalue weighted by Crippen LogP contribution is -2.12. The molecule has 0 aliphatic rings. The Morgan fingerprint density at radius 1 is 1.22 bits per heavy atom. The summed E-state index contributed by atoms with van der Waals surface area (Å²) in [5.41, 5.74) is 2.56. The van der Waals surface area contributed by atoms with E-state index in [1.54, 1.807) is 6.20 Å². The van der Waals surface area contributed by atoms with Crippen molar-refractivity contribution in [3.8, 4) is 6.07 Å². The number of aryl methyl sites for hydroxylation is 1. The maximum absolute atomic E-state index is 12.3. The largest absolute Gasteiger partial charge is 0.340 e. The normalized spacial score (nSPS) is 12.0. The number of rotatable bonds is 6. The van der Waals surface area contributed by atoms with E-state index >= 15 is 0 Å². The number of benzene rings is 1. The van der Waals surface area contributed by atoms with Crippen molar-refractivity contribution in [2.75, 3.05) is 0 Å². The molecular weight excluding hydrogens is 288 g/mol. The number of nitrogens with one attached hydrogen (secondary N) is 1. The first-order valence-corrected chi connectivity index (χ1v) is 7.55. The van der Waals surface area contributed by atoms with Crippen LogP contribution in [0.4, 0.5) is 0 Å². The van der Waals surface area contributed by atoms with E-state index in [1.165, 1.54) is 0 Å². The molecule has 5 nitrogen and oxygen atoms in total. The number of para-hydroxylation sites is 2. The lowest BCUT2D eigenvalue weighted by atomic mass is 9.99. The molecule has 0 radical (unpaired) electrons. The highest BCUT2D eigenvalue weighted by Crippen LogP contribution is 2.20. The summed E-state index contributed by atoms with van der Waals surface area (Å²) in [6, 6.07) is 15.3. The first-order chi connectivity index (χ1) is 11.3. The summed E-state index contributed by atoms with van der Waals surface area (Å²) in [6.45, 7) is 0. The van der Waals surface area contributed by atoms with Crippen molar-refractivity contribution in [1.82, 2.24) is 15.0 Å². The van der Waals surface area contributed by atoms with E-state index in [2.05, 4.69) is 21.0 Å². The standard InChI is InChI=1S/C18H16N4O/c19-12-14(18-21-15-8-1-2-9-16(15)22-18)17(23)10-5-7-13-6-3-4-11-20-13/h1-4,6,8-9,11,14H,5,7,10H2,(H,21,22). The van der Waals surface area contributed by atoms with Crippen LogP contribution in [0.3, 0.4) is 0 Å². The first kappa shape index (κ1) is 14.9. The lowest BCUT2D eigenvalue weighted by molar-refractivity contribution is -0.119. The van der Waals surface area contributed by atoms with Crippen molar-refractivity contribution >= 4 is 16.8 Å². The van der Waals surface area contributed by atoms with Crippen LogP contribution in [0.2, 0.25) is 0 Å². The van der Waals surface area contributed by atoms with Gasteiger partial charge < -0.3 is 4.98 Å². The molecule has 0 amide bonds. The Bertz CT molecular complexity index is 815. The van der Waals surface area contributed by atoms with E-state index in [4.69, 9.17) is 0 Å². The van der Waals surface area contributed by atoms with E-state index in [0.717, 1.165) is 23.1 Å². The third-order valence-electron chi connectivity index (χ3n) is 3.71. The van der Waals surface area contributed by atoms with Crippen LogP contribution in [0.1, 0.15) is 30.3 Å². The monoisotopic (exact) mass is 304 g/mol. The maximum atomic E-state index is 12.3. The number of nitriles is 1. The number of hydrogen-bond donors (Lipinski definition) is 1. The number of pyridine rings is 1. The number of aromatic amines is 1. The summed E-state index contributed by atoms with van der Waals surface area (Å²) >= 11 is 0. The Hall–Kier alpha value is -3.00. The average Bonchev–Trinajstić information content (AvgIpc) is 3.00. The third-order valence-corrected chi connectivity index (χ3v) is 3.71. The number of ketones is 1. The fourth-order valence-electron chi connectivity index (χ4n) is 2.53. The molecule has 0 aliphatic heterocycles. The molecule has 0 fully saturated rings. The maximum Gasteiger partial charge on any atom is 0.162 e. The fraction of sp³-hybridized carbons (Fsp3) is 0.222. The highest BCUT2D eigenvalue weighted by Gasteiger charge is 2.23. The quantitative estimate of drug-likeness (QED) is 0.758. The van der Waals surface area contributed by atoms with E-state index < -0.39 is 5.92 Å². The van der Waals surface area contributed by atoms with Crippen molar-refractivity contribution in [2.45, 2.75) is 25.2 Å². The lowest BCUT2D eigenvalue weighted by Gasteiger charge is -2.05. The van der Waals surface area contributed by atoms with Crippen LogP contribution in [0.25, 0.3) is 11.0 Å². The molecule has 3 rings (SSSR count). The average molecular weight is 304 g/mol. The van der Waals surface area contributed by atoms with E-state index in [1.807, 2.05) is 42.5 Å². The van der Waals surface area contributed by atoms with Crippen molar-refractivity contribution in [1.29, 1.82) is 5.26 Å². The second-order valence-electron chi connectivity index (χ2n) is 5.34. The number of H-pyrrole nitrogens is 1. The SMILES string of the molecule is N#CC(C(=O)CCCc1ccccn1)c1nc2ccccc2[nH]1. The third kappa shape index (κ3) is 3.43. The molecule has 114 valence electrons. The van der Waals surface area contributed by atoms with Crippen LogP contribution >= 0.6 is 0 Å². The van der Waals surface area contributed by atoms with Gasteiger partial charge in [-0.1, -0.05) is 18.2 Å². The molecule has 0 spiro atoms. The van der Waals surface area contributed by atoms with Gasteiger partial charge in [0.25, 0.3) is 0 Å². The summed E-state index contributed by atoms with van der Waals surface area (Å²) in [5.74, 6) is -0.523. The van der Waals surface area contributed by atoms with Crippen LogP contribution in [-0.2, 0) is 11.2 Å². The summed E-state index contributed by atoms with van der Waals surface area (Å²) in [6.07, 6.45) is 3.48. The molecule has 0 saturated carbocycles. The van der Waals surface area contributed by atoms with Crippen LogP contribution in [0.5, 0.6) is 0 Å².